The molecule has 1 saturated heterocycles. The van der Waals surface area contributed by atoms with Crippen LogP contribution in [0.15, 0.2) is 77.4 Å². The lowest BCUT2D eigenvalue weighted by molar-refractivity contribution is -0.120. The number of nitrogens with one attached hydrogen (secondary N) is 1. The van der Waals surface area contributed by atoms with E-state index in [0.717, 1.165) is 22.9 Å². The fourth-order valence-electron chi connectivity index (χ4n) is 5.17. The number of nitrogens with two attached hydrogens (primary N) is 1. The van der Waals surface area contributed by atoms with Crippen molar-refractivity contribution >= 4 is 23.5 Å². The molecule has 0 unspecified atom stereocenters. The summed E-state index contributed by atoms with van der Waals surface area (Å²) in [6.07, 6.45) is -2.54. The third kappa shape index (κ3) is 7.86. The number of halogens is 3. The van der Waals surface area contributed by atoms with Crippen molar-refractivity contribution in [3.05, 3.63) is 89.1 Å². The van der Waals surface area contributed by atoms with Crippen molar-refractivity contribution in [3.8, 4) is 0 Å². The zero-order chi connectivity index (χ0) is 31.6. The lowest BCUT2D eigenvalue weighted by atomic mass is 9.87. The summed E-state index contributed by atoms with van der Waals surface area (Å²) in [4.78, 5) is 29.9. The number of amides is 2. The highest BCUT2D eigenvalue weighted by Gasteiger charge is 2.50. The van der Waals surface area contributed by atoms with Gasteiger partial charge in [0.15, 0.2) is 0 Å². The molecule has 2 fully saturated rings. The van der Waals surface area contributed by atoms with Gasteiger partial charge in [-0.2, -0.15) is 13.2 Å². The largest absolute Gasteiger partial charge is 0.444 e. The van der Waals surface area contributed by atoms with E-state index < -0.39 is 28.7 Å². The molecule has 0 bridgehead atoms. The van der Waals surface area contributed by atoms with Gasteiger partial charge in [0.1, 0.15) is 11.4 Å². The first-order valence-corrected chi connectivity index (χ1v) is 14.3. The number of nitrogens with zero attached hydrogens (tertiary/aromatic N) is 2. The quantitative estimate of drug-likeness (QED) is 0.185. The van der Waals surface area contributed by atoms with Crippen LogP contribution in [0.5, 0.6) is 0 Å². The van der Waals surface area contributed by atoms with Gasteiger partial charge in [0, 0.05) is 30.9 Å². The Balaban J connectivity index is 1.36. The van der Waals surface area contributed by atoms with Crippen molar-refractivity contribution < 1.29 is 27.5 Å². The number of alkyl halides is 3. The predicted molar refractivity (Wildman–Crippen MR) is 162 cm³/mol. The Labute approximate surface area is 250 Å². The van der Waals surface area contributed by atoms with E-state index >= 15 is 0 Å². The van der Waals surface area contributed by atoms with Crippen LogP contribution in [-0.4, -0.2) is 47.6 Å². The molecule has 0 aromatic heterocycles. The van der Waals surface area contributed by atoms with E-state index in [1.54, 1.807) is 17.9 Å². The molecular weight excluding hydrogens is 557 g/mol. The molecule has 1 aliphatic carbocycles. The van der Waals surface area contributed by atoms with Crippen LogP contribution in [0.25, 0.3) is 0 Å². The van der Waals surface area contributed by atoms with Gasteiger partial charge in [0.25, 0.3) is 0 Å². The minimum Gasteiger partial charge on any atom is -0.444 e. The fourth-order valence-corrected chi connectivity index (χ4v) is 5.17. The van der Waals surface area contributed by atoms with Crippen LogP contribution in [-0.2, 0) is 21.4 Å². The number of allylic oxidation sites excluding steroid dienone is 2. The van der Waals surface area contributed by atoms with Crippen molar-refractivity contribution in [2.45, 2.75) is 76.5 Å². The average molecular weight is 597 g/mol. The first kappa shape index (κ1) is 31.8. The molecular formula is C33H39F3N4O3. The zero-order valence-electron chi connectivity index (χ0n) is 25.1. The number of amidine groups is 1. The Bertz CT molecular complexity index is 1430. The number of anilines is 1. The van der Waals surface area contributed by atoms with Gasteiger partial charge in [-0.05, 0) is 87.8 Å². The summed E-state index contributed by atoms with van der Waals surface area (Å²) in [5.41, 5.74) is 6.68. The molecule has 2 aromatic rings. The first-order valence-electron chi connectivity index (χ1n) is 14.3. The number of carbonyl (C=O) groups excluding carboxylic acids is 2. The van der Waals surface area contributed by atoms with Gasteiger partial charge in [-0.1, -0.05) is 43.0 Å². The molecule has 230 valence electrons. The van der Waals surface area contributed by atoms with Gasteiger partial charge in [-0.3, -0.25) is 4.79 Å². The molecule has 43 heavy (non-hydrogen) atoms. The molecule has 0 radical (unpaired) electrons. The van der Waals surface area contributed by atoms with Crippen LogP contribution < -0.4 is 11.1 Å². The number of rotatable bonds is 9. The molecule has 7 nitrogen and oxygen atoms in total. The Hall–Kier alpha value is -4.08. The van der Waals surface area contributed by atoms with Gasteiger partial charge in [0.05, 0.1) is 11.0 Å². The Morgan fingerprint density at radius 3 is 2.30 bits per heavy atom. The van der Waals surface area contributed by atoms with Gasteiger partial charge >= 0.3 is 12.3 Å². The number of aryl methyl sites for hydroxylation is 1. The van der Waals surface area contributed by atoms with Crippen molar-refractivity contribution in [1.29, 1.82) is 0 Å². The summed E-state index contributed by atoms with van der Waals surface area (Å²) < 4.78 is 47.3. The smallest absolute Gasteiger partial charge is 0.418 e. The molecule has 1 heterocycles. The summed E-state index contributed by atoms with van der Waals surface area (Å²) in [5, 5.41) is 3.02. The third-order valence-corrected chi connectivity index (χ3v) is 7.76. The van der Waals surface area contributed by atoms with Crippen molar-refractivity contribution in [2.24, 2.45) is 10.7 Å². The first-order chi connectivity index (χ1) is 20.1. The normalized spacial score (nSPS) is 17.2. The summed E-state index contributed by atoms with van der Waals surface area (Å²) in [5.74, 6) is 0.0659. The summed E-state index contributed by atoms with van der Waals surface area (Å²) in [6, 6.07) is 14.8. The average Bonchev–Trinajstić information content (AvgIpc) is 3.68. The number of hydrogen-bond acceptors (Lipinski definition) is 4. The number of likely N-dealkylation sites (tertiary alicyclic amines) is 1. The number of primary amides is 1. The number of hydrogen-bond donors (Lipinski definition) is 2. The Kier molecular flexibility index (Phi) is 9.08. The predicted octanol–water partition coefficient (Wildman–Crippen LogP) is 7.00. The third-order valence-electron chi connectivity index (χ3n) is 7.76. The van der Waals surface area contributed by atoms with E-state index in [-0.39, 0.29) is 29.8 Å². The van der Waals surface area contributed by atoms with Crippen molar-refractivity contribution in [1.82, 2.24) is 4.90 Å². The SMILES string of the molecule is C=C(CCc1ccccc1C1(C(N)=O)CC1)/C(=C\N=C(C)Nc1ccc(C2CN(C(=O)OC(C)(C)C)C2)cc1)C(F)(F)F. The van der Waals surface area contributed by atoms with Crippen molar-refractivity contribution in [2.75, 3.05) is 18.4 Å². The molecule has 2 aliphatic rings. The molecule has 0 atom stereocenters. The van der Waals surface area contributed by atoms with Crippen LogP contribution >= 0.6 is 0 Å². The second-order valence-electron chi connectivity index (χ2n) is 12.3. The van der Waals surface area contributed by atoms with Crippen LogP contribution in [0.2, 0.25) is 0 Å². The topological polar surface area (TPSA) is 97.0 Å². The summed E-state index contributed by atoms with van der Waals surface area (Å²) >= 11 is 0. The fraction of sp³-hybridized carbons (Fsp3) is 0.424. The molecule has 0 spiro atoms. The number of carbonyl (C=O) groups is 2. The van der Waals surface area contributed by atoms with E-state index in [1.165, 1.54) is 0 Å². The molecule has 3 N–H and O–H groups in total. The standard InChI is InChI=1S/C33H39F3N4O3/c1-21(10-11-24-8-6-7-9-27(24)32(16-17-32)29(37)41)28(33(34,35)36)18-38-22(2)39-26-14-12-23(13-15-26)25-19-40(20-25)30(42)43-31(3,4)5/h6-9,12-15,18,25H,1,10-11,16-17,19-20H2,2-5H3,(H2,37,41)(H,38,39)/b28-18+. The maximum absolute atomic E-state index is 14.0. The minimum absolute atomic E-state index is 0.0488. The van der Waals surface area contributed by atoms with Gasteiger partial charge < -0.3 is 20.7 Å². The van der Waals surface area contributed by atoms with E-state index in [4.69, 9.17) is 10.5 Å². The van der Waals surface area contributed by atoms with Gasteiger partial charge in [-0.15, -0.1) is 0 Å². The highest BCUT2D eigenvalue weighted by atomic mass is 19.4. The van der Waals surface area contributed by atoms with Crippen LogP contribution in [0, 0.1) is 0 Å². The van der Waals surface area contributed by atoms with Gasteiger partial charge in [-0.25, -0.2) is 9.79 Å². The summed E-state index contributed by atoms with van der Waals surface area (Å²) in [7, 11) is 0. The van der Waals surface area contributed by atoms with E-state index in [9.17, 15) is 22.8 Å². The molecule has 1 aliphatic heterocycles. The van der Waals surface area contributed by atoms with E-state index in [2.05, 4.69) is 16.9 Å². The zero-order valence-corrected chi connectivity index (χ0v) is 25.1. The van der Waals surface area contributed by atoms with Crippen LogP contribution in [0.1, 0.15) is 69.6 Å². The maximum Gasteiger partial charge on any atom is 0.418 e. The molecule has 10 heteroatoms. The maximum atomic E-state index is 14.0. The number of aliphatic imine (C=N–C) groups is 1. The highest BCUT2D eigenvalue weighted by molar-refractivity contribution is 5.94. The molecule has 2 amide bonds. The van der Waals surface area contributed by atoms with Crippen LogP contribution in [0.3, 0.4) is 0 Å². The monoisotopic (exact) mass is 596 g/mol. The molecule has 2 aromatic carbocycles. The lowest BCUT2D eigenvalue weighted by Crippen LogP contribution is -2.50. The van der Waals surface area contributed by atoms with E-state index in [0.29, 0.717) is 38.0 Å². The minimum atomic E-state index is -4.64. The molecule has 1 saturated carbocycles. The second-order valence-corrected chi connectivity index (χ2v) is 12.3. The van der Waals surface area contributed by atoms with Gasteiger partial charge in [0.2, 0.25) is 5.91 Å². The van der Waals surface area contributed by atoms with Crippen molar-refractivity contribution in [3.63, 3.8) is 0 Å². The number of ether oxygens (including phenoxy) is 1. The summed E-state index contributed by atoms with van der Waals surface area (Å²) in [6.45, 7) is 11.9. The molecule has 4 rings (SSSR count). The van der Waals surface area contributed by atoms with Crippen LogP contribution in [0.4, 0.5) is 23.7 Å². The second kappa shape index (κ2) is 12.3. The Morgan fingerprint density at radius 2 is 1.74 bits per heavy atom. The lowest BCUT2D eigenvalue weighted by Gasteiger charge is -2.40. The highest BCUT2D eigenvalue weighted by Crippen LogP contribution is 2.49. The Morgan fingerprint density at radius 1 is 1.12 bits per heavy atom. The number of benzene rings is 2. The van der Waals surface area contributed by atoms with E-state index in [1.807, 2.05) is 63.2 Å².